The first kappa shape index (κ1) is 17.0. The molecule has 0 saturated heterocycles. The van der Waals surface area contributed by atoms with Crippen LogP contribution in [0.5, 0.6) is 0 Å². The molecular weight excluding hydrogens is 302 g/mol. The summed E-state index contributed by atoms with van der Waals surface area (Å²) >= 11 is 0. The van der Waals surface area contributed by atoms with Crippen LogP contribution in [0.4, 0.5) is 0 Å². The molecular formula is C17H22ClNO3. The van der Waals surface area contributed by atoms with Crippen molar-refractivity contribution in [1.82, 2.24) is 4.90 Å². The van der Waals surface area contributed by atoms with Crippen molar-refractivity contribution in [2.45, 2.75) is 25.7 Å². The van der Waals surface area contributed by atoms with Gasteiger partial charge in [0, 0.05) is 19.6 Å². The number of ether oxygens (including phenoxy) is 1. The third kappa shape index (κ3) is 4.58. The molecule has 1 aromatic heterocycles. The lowest BCUT2D eigenvalue weighted by molar-refractivity contribution is 0.00311. The summed E-state index contributed by atoms with van der Waals surface area (Å²) in [6, 6.07) is 12.2. The Morgan fingerprint density at radius 3 is 2.77 bits per heavy atom. The summed E-state index contributed by atoms with van der Waals surface area (Å²) in [5, 5.41) is 10.1. The fraction of sp³-hybridized carbons (Fsp3) is 0.412. The molecule has 0 bridgehead atoms. The maximum Gasteiger partial charge on any atom is 0.129 e. The Hall–Kier alpha value is -1.33. The molecule has 3 rings (SSSR count). The number of fused-ring (bicyclic) bond motifs is 1. The maximum absolute atomic E-state index is 10.1. The molecule has 1 atom stereocenters. The molecule has 22 heavy (non-hydrogen) atoms. The normalized spacial score (nSPS) is 15.9. The van der Waals surface area contributed by atoms with Gasteiger partial charge in [-0.15, -0.1) is 12.4 Å². The van der Waals surface area contributed by atoms with E-state index >= 15 is 0 Å². The quantitative estimate of drug-likeness (QED) is 0.887. The minimum atomic E-state index is -0.467. The van der Waals surface area contributed by atoms with Gasteiger partial charge in [0.05, 0.1) is 19.0 Å². The van der Waals surface area contributed by atoms with Crippen LogP contribution in [-0.4, -0.2) is 35.8 Å². The van der Waals surface area contributed by atoms with E-state index < -0.39 is 6.10 Å². The van der Waals surface area contributed by atoms with E-state index in [1.54, 1.807) is 6.26 Å². The third-order valence-corrected chi connectivity index (χ3v) is 3.81. The number of halogens is 1. The van der Waals surface area contributed by atoms with Crippen LogP contribution in [0.2, 0.25) is 0 Å². The van der Waals surface area contributed by atoms with Gasteiger partial charge in [0.1, 0.15) is 12.4 Å². The van der Waals surface area contributed by atoms with Crippen molar-refractivity contribution in [3.05, 3.63) is 59.5 Å². The van der Waals surface area contributed by atoms with Gasteiger partial charge in [-0.1, -0.05) is 24.3 Å². The third-order valence-electron chi connectivity index (χ3n) is 3.81. The van der Waals surface area contributed by atoms with Crippen molar-refractivity contribution in [2.24, 2.45) is 0 Å². The Bertz CT molecular complexity index is 559. The first-order valence-corrected chi connectivity index (χ1v) is 7.38. The highest BCUT2D eigenvalue weighted by Crippen LogP contribution is 2.18. The second-order valence-electron chi connectivity index (χ2n) is 5.50. The standard InChI is InChI=1S/C17H21NO3.ClH/c19-16(12-20-13-17-6-3-9-21-17)11-18-8-7-14-4-1-2-5-15(14)10-18;/h1-6,9,16,19H,7-8,10-13H2;1H. The average Bonchev–Trinajstić information content (AvgIpc) is 3.00. The van der Waals surface area contributed by atoms with Crippen LogP contribution in [0.3, 0.4) is 0 Å². The predicted octanol–water partition coefficient (Wildman–Crippen LogP) is 2.64. The Labute approximate surface area is 137 Å². The van der Waals surface area contributed by atoms with Crippen molar-refractivity contribution < 1.29 is 14.3 Å². The van der Waals surface area contributed by atoms with Gasteiger partial charge in [0.25, 0.3) is 0 Å². The summed E-state index contributed by atoms with van der Waals surface area (Å²) in [5.41, 5.74) is 2.80. The van der Waals surface area contributed by atoms with Crippen LogP contribution in [0, 0.1) is 0 Å². The number of aliphatic hydroxyl groups excluding tert-OH is 1. The lowest BCUT2D eigenvalue weighted by Gasteiger charge is -2.30. The Morgan fingerprint density at radius 1 is 1.18 bits per heavy atom. The average molecular weight is 324 g/mol. The first-order chi connectivity index (χ1) is 10.3. The Kier molecular flexibility index (Phi) is 6.46. The number of furan rings is 1. The van der Waals surface area contributed by atoms with Crippen LogP contribution >= 0.6 is 12.4 Å². The summed E-state index contributed by atoms with van der Waals surface area (Å²) in [5.74, 6) is 0.786. The molecule has 0 fully saturated rings. The minimum absolute atomic E-state index is 0. The molecule has 0 radical (unpaired) electrons. The predicted molar refractivity (Wildman–Crippen MR) is 87.0 cm³/mol. The zero-order chi connectivity index (χ0) is 14.5. The van der Waals surface area contributed by atoms with E-state index in [-0.39, 0.29) is 12.4 Å². The highest BCUT2D eigenvalue weighted by molar-refractivity contribution is 5.85. The molecule has 1 N–H and O–H groups in total. The van der Waals surface area contributed by atoms with Crippen LogP contribution < -0.4 is 0 Å². The van der Waals surface area contributed by atoms with Crippen molar-refractivity contribution in [2.75, 3.05) is 19.7 Å². The molecule has 1 unspecified atom stereocenters. The minimum Gasteiger partial charge on any atom is -0.467 e. The summed E-state index contributed by atoms with van der Waals surface area (Å²) in [7, 11) is 0. The van der Waals surface area contributed by atoms with Gasteiger partial charge in [-0.3, -0.25) is 4.90 Å². The Balaban J connectivity index is 0.00000176. The number of hydrogen-bond acceptors (Lipinski definition) is 4. The van der Waals surface area contributed by atoms with E-state index in [2.05, 4.69) is 29.2 Å². The molecule has 120 valence electrons. The van der Waals surface area contributed by atoms with E-state index in [4.69, 9.17) is 9.15 Å². The van der Waals surface area contributed by atoms with E-state index in [0.29, 0.717) is 19.8 Å². The van der Waals surface area contributed by atoms with E-state index in [0.717, 1.165) is 25.3 Å². The zero-order valence-corrected chi connectivity index (χ0v) is 13.3. The molecule has 0 saturated carbocycles. The summed E-state index contributed by atoms with van der Waals surface area (Å²) < 4.78 is 10.7. The molecule has 2 heterocycles. The zero-order valence-electron chi connectivity index (χ0n) is 12.5. The van der Waals surface area contributed by atoms with Crippen LogP contribution in [-0.2, 0) is 24.3 Å². The van der Waals surface area contributed by atoms with E-state index in [1.165, 1.54) is 11.1 Å². The van der Waals surface area contributed by atoms with Gasteiger partial charge in [0.2, 0.25) is 0 Å². The summed E-state index contributed by atoms with van der Waals surface area (Å²) in [4.78, 5) is 2.28. The molecule has 1 aliphatic rings. The smallest absolute Gasteiger partial charge is 0.129 e. The van der Waals surface area contributed by atoms with Gasteiger partial charge in [0.15, 0.2) is 0 Å². The second kappa shape index (κ2) is 8.34. The molecule has 0 spiro atoms. The van der Waals surface area contributed by atoms with Crippen LogP contribution in [0.1, 0.15) is 16.9 Å². The number of nitrogens with zero attached hydrogens (tertiary/aromatic N) is 1. The molecule has 0 amide bonds. The maximum atomic E-state index is 10.1. The summed E-state index contributed by atoms with van der Waals surface area (Å²) in [6.07, 6.45) is 2.21. The number of rotatable bonds is 6. The highest BCUT2D eigenvalue weighted by Gasteiger charge is 2.18. The largest absolute Gasteiger partial charge is 0.467 e. The molecule has 1 aliphatic heterocycles. The van der Waals surface area contributed by atoms with Crippen molar-refractivity contribution >= 4 is 12.4 Å². The molecule has 5 heteroatoms. The highest BCUT2D eigenvalue weighted by atomic mass is 35.5. The lowest BCUT2D eigenvalue weighted by atomic mass is 10.00. The molecule has 4 nitrogen and oxygen atoms in total. The van der Waals surface area contributed by atoms with Gasteiger partial charge in [-0.05, 0) is 29.7 Å². The van der Waals surface area contributed by atoms with Crippen molar-refractivity contribution in [3.63, 3.8) is 0 Å². The number of β-amino-alcohol motifs (C(OH)–C–C–N with tert-alkyl or cyclic N) is 1. The van der Waals surface area contributed by atoms with E-state index in [9.17, 15) is 5.11 Å². The van der Waals surface area contributed by atoms with Crippen LogP contribution in [0.25, 0.3) is 0 Å². The fourth-order valence-electron chi connectivity index (χ4n) is 2.75. The molecule has 2 aromatic rings. The van der Waals surface area contributed by atoms with Gasteiger partial charge >= 0.3 is 0 Å². The summed E-state index contributed by atoms with van der Waals surface area (Å²) in [6.45, 7) is 3.29. The Morgan fingerprint density at radius 2 is 2.00 bits per heavy atom. The van der Waals surface area contributed by atoms with E-state index in [1.807, 2.05) is 12.1 Å². The van der Waals surface area contributed by atoms with Gasteiger partial charge in [-0.25, -0.2) is 0 Å². The van der Waals surface area contributed by atoms with Gasteiger partial charge < -0.3 is 14.3 Å². The SMILES string of the molecule is Cl.OC(COCc1ccco1)CN1CCc2ccccc2C1. The number of hydrogen-bond donors (Lipinski definition) is 1. The van der Waals surface area contributed by atoms with Crippen molar-refractivity contribution in [3.8, 4) is 0 Å². The fourth-order valence-corrected chi connectivity index (χ4v) is 2.75. The molecule has 0 aliphatic carbocycles. The number of benzene rings is 1. The monoisotopic (exact) mass is 323 g/mol. The van der Waals surface area contributed by atoms with Crippen LogP contribution in [0.15, 0.2) is 47.1 Å². The topological polar surface area (TPSA) is 45.8 Å². The van der Waals surface area contributed by atoms with Gasteiger partial charge in [-0.2, -0.15) is 0 Å². The molecule has 1 aromatic carbocycles. The number of aliphatic hydroxyl groups is 1. The van der Waals surface area contributed by atoms with Crippen molar-refractivity contribution in [1.29, 1.82) is 0 Å². The lowest BCUT2D eigenvalue weighted by Crippen LogP contribution is -2.38. The second-order valence-corrected chi connectivity index (χ2v) is 5.50. The first-order valence-electron chi connectivity index (χ1n) is 7.38.